The molecule has 4 heteroatoms. The first-order chi connectivity index (χ1) is 7.11. The van der Waals surface area contributed by atoms with Gasteiger partial charge < -0.3 is 15.0 Å². The van der Waals surface area contributed by atoms with Gasteiger partial charge in [0.25, 0.3) is 0 Å². The molecule has 0 fully saturated rings. The van der Waals surface area contributed by atoms with E-state index in [1.807, 2.05) is 43.3 Å². The normalized spacial score (nSPS) is 10.1. The number of amides is 1. The molecule has 15 heavy (non-hydrogen) atoms. The topological polar surface area (TPSA) is 41.6 Å². The van der Waals surface area contributed by atoms with Gasteiger partial charge in [-0.15, -0.1) is 0 Å². The van der Waals surface area contributed by atoms with Gasteiger partial charge in [-0.1, -0.05) is 0 Å². The molecule has 0 aromatic heterocycles. The lowest BCUT2D eigenvalue weighted by Crippen LogP contribution is -2.26. The number of hydrogen-bond donors (Lipinski definition) is 1. The average molecular weight is 208 g/mol. The van der Waals surface area contributed by atoms with Crippen LogP contribution in [0.15, 0.2) is 24.3 Å². The molecule has 82 valence electrons. The minimum Gasteiger partial charge on any atom is -0.497 e. The van der Waals surface area contributed by atoms with Crippen LogP contribution in [0.1, 0.15) is 0 Å². The van der Waals surface area contributed by atoms with Crippen molar-refractivity contribution in [3.05, 3.63) is 24.3 Å². The SMILES string of the molecule is COc1ccc(NC(=O)CN(C)C)cc1. The van der Waals surface area contributed by atoms with E-state index < -0.39 is 0 Å². The molecule has 0 aliphatic heterocycles. The standard InChI is InChI=1S/C11H16N2O2/c1-13(2)8-11(14)12-9-4-6-10(15-3)7-5-9/h4-7H,8H2,1-3H3,(H,12,14). The summed E-state index contributed by atoms with van der Waals surface area (Å²) in [5, 5.41) is 2.79. The lowest BCUT2D eigenvalue weighted by molar-refractivity contribution is -0.116. The fraction of sp³-hybridized carbons (Fsp3) is 0.364. The quantitative estimate of drug-likeness (QED) is 0.808. The molecule has 1 aromatic rings. The Bertz CT molecular complexity index is 320. The van der Waals surface area contributed by atoms with Gasteiger partial charge in [-0.3, -0.25) is 4.79 Å². The predicted octanol–water partition coefficient (Wildman–Crippen LogP) is 1.20. The molecule has 1 amide bonds. The summed E-state index contributed by atoms with van der Waals surface area (Å²) in [5.74, 6) is 0.755. The van der Waals surface area contributed by atoms with E-state index in [0.29, 0.717) is 6.54 Å². The molecule has 0 spiro atoms. The van der Waals surface area contributed by atoms with Crippen LogP contribution in [0.3, 0.4) is 0 Å². The number of nitrogens with zero attached hydrogens (tertiary/aromatic N) is 1. The number of anilines is 1. The first-order valence-electron chi connectivity index (χ1n) is 4.70. The van der Waals surface area contributed by atoms with Crippen LogP contribution in [0.4, 0.5) is 5.69 Å². The van der Waals surface area contributed by atoms with Gasteiger partial charge in [0.1, 0.15) is 5.75 Å². The maximum Gasteiger partial charge on any atom is 0.238 e. The molecule has 0 aliphatic rings. The van der Waals surface area contributed by atoms with Crippen LogP contribution in [0.5, 0.6) is 5.75 Å². The van der Waals surface area contributed by atoms with Crippen LogP contribution < -0.4 is 10.1 Å². The first kappa shape index (κ1) is 11.5. The monoisotopic (exact) mass is 208 g/mol. The number of carbonyl (C=O) groups excluding carboxylic acids is 1. The van der Waals surface area contributed by atoms with Crippen LogP contribution in [-0.4, -0.2) is 38.6 Å². The van der Waals surface area contributed by atoms with Crippen molar-refractivity contribution >= 4 is 11.6 Å². The molecular formula is C11H16N2O2. The minimum absolute atomic E-state index is 0.0230. The third kappa shape index (κ3) is 3.99. The number of benzene rings is 1. The maximum atomic E-state index is 11.4. The van der Waals surface area contributed by atoms with Gasteiger partial charge >= 0.3 is 0 Å². The van der Waals surface area contributed by atoms with Crippen LogP contribution in [0, 0.1) is 0 Å². The second-order valence-corrected chi connectivity index (χ2v) is 3.51. The van der Waals surface area contributed by atoms with Crippen molar-refractivity contribution in [1.82, 2.24) is 4.90 Å². The molecule has 0 bridgehead atoms. The molecule has 1 rings (SSSR count). The molecule has 0 unspecified atom stereocenters. The molecule has 0 saturated heterocycles. The van der Waals surface area contributed by atoms with Crippen molar-refractivity contribution in [2.24, 2.45) is 0 Å². The van der Waals surface area contributed by atoms with E-state index in [-0.39, 0.29) is 5.91 Å². The second-order valence-electron chi connectivity index (χ2n) is 3.51. The van der Waals surface area contributed by atoms with Gasteiger partial charge in [-0.25, -0.2) is 0 Å². The zero-order chi connectivity index (χ0) is 11.3. The Morgan fingerprint density at radius 1 is 1.33 bits per heavy atom. The highest BCUT2D eigenvalue weighted by Crippen LogP contribution is 2.14. The second kappa shape index (κ2) is 5.36. The van der Waals surface area contributed by atoms with E-state index >= 15 is 0 Å². The fourth-order valence-electron chi connectivity index (χ4n) is 1.16. The van der Waals surface area contributed by atoms with Gasteiger partial charge in [0.2, 0.25) is 5.91 Å². The third-order valence-electron chi connectivity index (χ3n) is 1.83. The highest BCUT2D eigenvalue weighted by molar-refractivity contribution is 5.92. The van der Waals surface area contributed by atoms with Crippen LogP contribution in [-0.2, 0) is 4.79 Å². The number of rotatable bonds is 4. The van der Waals surface area contributed by atoms with E-state index in [0.717, 1.165) is 11.4 Å². The molecule has 0 radical (unpaired) electrons. The molecular weight excluding hydrogens is 192 g/mol. The molecule has 4 nitrogen and oxygen atoms in total. The van der Waals surface area contributed by atoms with Crippen molar-refractivity contribution in [3.63, 3.8) is 0 Å². The molecule has 0 saturated carbocycles. The Labute approximate surface area is 89.8 Å². The van der Waals surface area contributed by atoms with Crippen molar-refractivity contribution in [2.75, 3.05) is 33.1 Å². The average Bonchev–Trinajstić information content (AvgIpc) is 2.17. The lowest BCUT2D eigenvalue weighted by Gasteiger charge is -2.10. The summed E-state index contributed by atoms with van der Waals surface area (Å²) in [4.78, 5) is 13.2. The summed E-state index contributed by atoms with van der Waals surface area (Å²) < 4.78 is 5.02. The van der Waals surface area contributed by atoms with E-state index in [1.165, 1.54) is 0 Å². The number of nitrogens with one attached hydrogen (secondary N) is 1. The van der Waals surface area contributed by atoms with E-state index in [9.17, 15) is 4.79 Å². The number of carbonyl (C=O) groups is 1. The minimum atomic E-state index is -0.0230. The van der Waals surface area contributed by atoms with Crippen molar-refractivity contribution in [1.29, 1.82) is 0 Å². The lowest BCUT2D eigenvalue weighted by atomic mass is 10.3. The van der Waals surface area contributed by atoms with Crippen LogP contribution >= 0.6 is 0 Å². The zero-order valence-corrected chi connectivity index (χ0v) is 9.28. The summed E-state index contributed by atoms with van der Waals surface area (Å²) in [6.07, 6.45) is 0. The van der Waals surface area contributed by atoms with Crippen molar-refractivity contribution in [3.8, 4) is 5.75 Å². The number of likely N-dealkylation sites (N-methyl/N-ethyl adjacent to an activating group) is 1. The van der Waals surface area contributed by atoms with Crippen molar-refractivity contribution in [2.45, 2.75) is 0 Å². The summed E-state index contributed by atoms with van der Waals surface area (Å²) in [5.41, 5.74) is 0.780. The van der Waals surface area contributed by atoms with E-state index in [1.54, 1.807) is 7.11 Å². The van der Waals surface area contributed by atoms with Crippen LogP contribution in [0.2, 0.25) is 0 Å². The molecule has 0 heterocycles. The molecule has 1 aromatic carbocycles. The maximum absolute atomic E-state index is 11.4. The van der Waals surface area contributed by atoms with Gasteiger partial charge in [0.05, 0.1) is 13.7 Å². The van der Waals surface area contributed by atoms with Gasteiger partial charge in [0.15, 0.2) is 0 Å². The molecule has 0 atom stereocenters. The van der Waals surface area contributed by atoms with Crippen molar-refractivity contribution < 1.29 is 9.53 Å². The zero-order valence-electron chi connectivity index (χ0n) is 9.28. The highest BCUT2D eigenvalue weighted by Gasteiger charge is 2.03. The summed E-state index contributed by atoms with van der Waals surface area (Å²) in [6, 6.07) is 7.25. The largest absolute Gasteiger partial charge is 0.497 e. The Balaban J connectivity index is 2.53. The predicted molar refractivity (Wildman–Crippen MR) is 60.2 cm³/mol. The third-order valence-corrected chi connectivity index (χ3v) is 1.83. The molecule has 1 N–H and O–H groups in total. The van der Waals surface area contributed by atoms with Gasteiger partial charge in [-0.2, -0.15) is 0 Å². The summed E-state index contributed by atoms with van der Waals surface area (Å²) in [7, 11) is 5.32. The number of ether oxygens (including phenoxy) is 1. The van der Waals surface area contributed by atoms with Gasteiger partial charge in [-0.05, 0) is 38.4 Å². The summed E-state index contributed by atoms with van der Waals surface area (Å²) >= 11 is 0. The Morgan fingerprint density at radius 2 is 1.93 bits per heavy atom. The first-order valence-corrected chi connectivity index (χ1v) is 4.70. The van der Waals surface area contributed by atoms with Gasteiger partial charge in [0, 0.05) is 5.69 Å². The Hall–Kier alpha value is -1.55. The number of methoxy groups -OCH3 is 1. The Morgan fingerprint density at radius 3 is 2.40 bits per heavy atom. The fourth-order valence-corrected chi connectivity index (χ4v) is 1.16. The highest BCUT2D eigenvalue weighted by atomic mass is 16.5. The summed E-state index contributed by atoms with van der Waals surface area (Å²) in [6.45, 7) is 0.381. The number of hydrogen-bond acceptors (Lipinski definition) is 3. The van der Waals surface area contributed by atoms with E-state index in [4.69, 9.17) is 4.74 Å². The van der Waals surface area contributed by atoms with E-state index in [2.05, 4.69) is 5.32 Å². The molecule has 0 aliphatic carbocycles. The van der Waals surface area contributed by atoms with Crippen LogP contribution in [0.25, 0.3) is 0 Å². The smallest absolute Gasteiger partial charge is 0.238 e. The Kier molecular flexibility index (Phi) is 4.12.